The van der Waals surface area contributed by atoms with E-state index < -0.39 is 0 Å². The summed E-state index contributed by atoms with van der Waals surface area (Å²) in [7, 11) is 1.56. The molecule has 1 amide bonds. The van der Waals surface area contributed by atoms with Gasteiger partial charge in [-0.25, -0.2) is 4.99 Å². The van der Waals surface area contributed by atoms with E-state index in [9.17, 15) is 9.90 Å². The summed E-state index contributed by atoms with van der Waals surface area (Å²) in [6, 6.07) is 5.34. The Hall–Kier alpha value is -2.25. The van der Waals surface area contributed by atoms with Crippen molar-refractivity contribution in [3.8, 4) is 11.6 Å². The monoisotopic (exact) mass is 318 g/mol. The first-order valence-corrected chi connectivity index (χ1v) is 7.22. The molecule has 3 rings (SSSR count). The van der Waals surface area contributed by atoms with Gasteiger partial charge in [0.25, 0.3) is 5.91 Å². The molecule has 106 valence electrons. The van der Waals surface area contributed by atoms with E-state index >= 15 is 0 Å². The molecule has 2 heterocycles. The zero-order valence-electron chi connectivity index (χ0n) is 10.9. The Labute approximate surface area is 128 Å². The maximum Gasteiger partial charge on any atom is 0.277 e. The van der Waals surface area contributed by atoms with Crippen LogP contribution in [0.2, 0.25) is 0 Å². The lowest BCUT2D eigenvalue weighted by atomic mass is 10.1. The predicted octanol–water partition coefficient (Wildman–Crippen LogP) is 1.54. The molecule has 0 aliphatic carbocycles. The minimum absolute atomic E-state index is 0.0424. The number of aromatic hydroxyl groups is 1. The number of carbonyl (C=O) groups excluding carboxylic acids is 1. The first-order chi connectivity index (χ1) is 10.1. The smallest absolute Gasteiger partial charge is 0.277 e. The normalized spacial score (nSPS) is 15.3. The highest BCUT2D eigenvalue weighted by Crippen LogP contribution is 2.25. The minimum Gasteiger partial charge on any atom is -0.497 e. The molecule has 1 aromatic carbocycles. The number of benzene rings is 1. The Morgan fingerprint density at radius 2 is 2.29 bits per heavy atom. The minimum atomic E-state index is -0.366. The molecular formula is C14H10N2O3S2. The predicted molar refractivity (Wildman–Crippen MR) is 82.4 cm³/mol. The summed E-state index contributed by atoms with van der Waals surface area (Å²) in [5, 5.41) is 11.1. The van der Waals surface area contributed by atoms with E-state index in [0.29, 0.717) is 25.5 Å². The van der Waals surface area contributed by atoms with E-state index in [4.69, 9.17) is 17.0 Å². The Balaban J connectivity index is 2.14. The molecule has 0 unspecified atom stereocenters. The second kappa shape index (κ2) is 5.27. The summed E-state index contributed by atoms with van der Waals surface area (Å²) >= 11 is 6.15. The van der Waals surface area contributed by atoms with Gasteiger partial charge in [0.15, 0.2) is 3.95 Å². The number of nitrogens with zero attached hydrogens (tertiary/aromatic N) is 1. The van der Waals surface area contributed by atoms with Crippen LogP contribution in [0.5, 0.6) is 11.6 Å². The molecular weight excluding hydrogens is 308 g/mol. The highest BCUT2D eigenvalue weighted by molar-refractivity contribution is 7.73. The standard InChI is InChI=1S/C14H10N2O3S2/c1-19-9-3-2-7-4-8(12(17)15-10(7)6-9)5-11-13(18)16-14(20)21-11/h2-6,18H,1H3,(H,16,20)/b8-5+. The zero-order valence-corrected chi connectivity index (χ0v) is 12.5. The fourth-order valence-electron chi connectivity index (χ4n) is 1.95. The summed E-state index contributed by atoms with van der Waals surface area (Å²) in [5.74, 6) is 0.237. The number of aromatic amines is 1. The van der Waals surface area contributed by atoms with Crippen LogP contribution >= 0.6 is 23.6 Å². The van der Waals surface area contributed by atoms with Gasteiger partial charge in [-0.2, -0.15) is 0 Å². The molecule has 0 saturated heterocycles. The molecule has 1 aliphatic rings. The fourth-order valence-corrected chi connectivity index (χ4v) is 2.99. The van der Waals surface area contributed by atoms with Gasteiger partial charge in [-0.15, -0.1) is 11.3 Å². The van der Waals surface area contributed by atoms with Gasteiger partial charge >= 0.3 is 0 Å². The molecule has 1 aliphatic heterocycles. The Bertz CT molecular complexity index is 938. The van der Waals surface area contributed by atoms with Crippen molar-refractivity contribution < 1.29 is 14.6 Å². The molecule has 21 heavy (non-hydrogen) atoms. The van der Waals surface area contributed by atoms with Gasteiger partial charge in [-0.3, -0.25) is 4.79 Å². The average molecular weight is 318 g/mol. The molecule has 2 aromatic rings. The number of methoxy groups -OCH3 is 1. The number of ether oxygens (including phenoxy) is 1. The van der Waals surface area contributed by atoms with Crippen LogP contribution in [0, 0.1) is 3.95 Å². The molecule has 0 fully saturated rings. The average Bonchev–Trinajstić information content (AvgIpc) is 2.77. The van der Waals surface area contributed by atoms with Crippen LogP contribution in [0.3, 0.4) is 0 Å². The quantitative estimate of drug-likeness (QED) is 0.651. The highest BCUT2D eigenvalue weighted by atomic mass is 32.1. The number of amides is 1. The van der Waals surface area contributed by atoms with Crippen molar-refractivity contribution in [1.29, 1.82) is 0 Å². The van der Waals surface area contributed by atoms with Crippen LogP contribution in [0.15, 0.2) is 28.8 Å². The van der Waals surface area contributed by atoms with Gasteiger partial charge in [0.2, 0.25) is 5.88 Å². The van der Waals surface area contributed by atoms with Crippen molar-refractivity contribution in [3.63, 3.8) is 0 Å². The highest BCUT2D eigenvalue weighted by Gasteiger charge is 2.13. The lowest BCUT2D eigenvalue weighted by Gasteiger charge is -2.04. The number of nitrogens with one attached hydrogen (secondary N) is 1. The largest absolute Gasteiger partial charge is 0.497 e. The van der Waals surface area contributed by atoms with Crippen molar-refractivity contribution in [2.45, 2.75) is 0 Å². The Morgan fingerprint density at radius 3 is 2.95 bits per heavy atom. The van der Waals surface area contributed by atoms with E-state index in [1.54, 1.807) is 31.4 Å². The van der Waals surface area contributed by atoms with E-state index in [1.807, 2.05) is 6.07 Å². The van der Waals surface area contributed by atoms with Crippen LogP contribution < -0.4 is 15.3 Å². The number of hydrogen-bond donors (Lipinski definition) is 2. The van der Waals surface area contributed by atoms with Crippen molar-refractivity contribution in [3.05, 3.63) is 43.2 Å². The Morgan fingerprint density at radius 1 is 1.48 bits per heavy atom. The van der Waals surface area contributed by atoms with Crippen molar-refractivity contribution in [2.24, 2.45) is 4.99 Å². The van der Waals surface area contributed by atoms with Gasteiger partial charge in [-0.1, -0.05) is 0 Å². The first-order valence-electron chi connectivity index (χ1n) is 5.99. The number of hydrogen-bond acceptors (Lipinski definition) is 5. The number of rotatable bonds is 2. The summed E-state index contributed by atoms with van der Waals surface area (Å²) in [4.78, 5) is 19.2. The van der Waals surface area contributed by atoms with Gasteiger partial charge in [0, 0.05) is 16.9 Å². The Kier molecular flexibility index (Phi) is 3.44. The van der Waals surface area contributed by atoms with E-state index in [2.05, 4.69) is 9.98 Å². The number of H-pyrrole nitrogens is 1. The zero-order chi connectivity index (χ0) is 15.0. The van der Waals surface area contributed by atoms with Gasteiger partial charge in [0.05, 0.1) is 17.3 Å². The lowest BCUT2D eigenvalue weighted by molar-refractivity contribution is -0.114. The van der Waals surface area contributed by atoms with Crippen LogP contribution in [-0.2, 0) is 4.79 Å². The second-order valence-electron chi connectivity index (χ2n) is 4.31. The summed E-state index contributed by atoms with van der Waals surface area (Å²) in [6.07, 6.45) is 3.30. The van der Waals surface area contributed by atoms with Crippen LogP contribution in [0.1, 0.15) is 4.88 Å². The van der Waals surface area contributed by atoms with Crippen molar-refractivity contribution in [2.75, 3.05) is 7.11 Å². The molecule has 1 aromatic heterocycles. The van der Waals surface area contributed by atoms with Crippen LogP contribution in [0.4, 0.5) is 0 Å². The van der Waals surface area contributed by atoms with Gasteiger partial charge in [-0.05, 0) is 36.5 Å². The third-order valence-corrected chi connectivity index (χ3v) is 4.13. The third kappa shape index (κ3) is 2.65. The first kappa shape index (κ1) is 13.7. The number of fused-ring (bicyclic) bond motifs is 1. The van der Waals surface area contributed by atoms with Gasteiger partial charge in [0.1, 0.15) is 5.75 Å². The maximum atomic E-state index is 12.1. The van der Waals surface area contributed by atoms with Crippen molar-refractivity contribution in [1.82, 2.24) is 4.98 Å². The number of carbonyl (C=O) groups is 1. The fraction of sp³-hybridized carbons (Fsp3) is 0.0714. The number of aromatic nitrogens is 1. The van der Waals surface area contributed by atoms with Crippen LogP contribution in [-0.4, -0.2) is 23.1 Å². The van der Waals surface area contributed by atoms with E-state index in [-0.39, 0.29) is 11.8 Å². The molecule has 0 bridgehead atoms. The SMILES string of the molecule is COc1ccc2c(c1)=NC(=O)/C(=C/c1sc(=S)[nH]c1O)C=2. The van der Waals surface area contributed by atoms with E-state index in [1.165, 1.54) is 11.3 Å². The molecule has 2 N–H and O–H groups in total. The molecule has 0 radical (unpaired) electrons. The summed E-state index contributed by atoms with van der Waals surface area (Å²) < 4.78 is 5.56. The molecule has 0 atom stereocenters. The van der Waals surface area contributed by atoms with Crippen LogP contribution in [0.25, 0.3) is 12.2 Å². The molecule has 0 spiro atoms. The summed E-state index contributed by atoms with van der Waals surface area (Å²) in [6.45, 7) is 0. The van der Waals surface area contributed by atoms with Gasteiger partial charge < -0.3 is 14.8 Å². The lowest BCUT2D eigenvalue weighted by Crippen LogP contribution is -2.30. The topological polar surface area (TPSA) is 74.7 Å². The third-order valence-electron chi connectivity index (χ3n) is 2.96. The summed E-state index contributed by atoms with van der Waals surface area (Å²) in [5.41, 5.74) is 0.396. The second-order valence-corrected chi connectivity index (χ2v) is 6.03. The maximum absolute atomic E-state index is 12.1. The number of thiazole rings is 1. The molecule has 0 saturated carbocycles. The van der Waals surface area contributed by atoms with E-state index in [0.717, 1.165) is 5.22 Å². The molecule has 5 nitrogen and oxygen atoms in total. The van der Waals surface area contributed by atoms with Crippen molar-refractivity contribution >= 4 is 41.6 Å². The molecule has 7 heteroatoms.